The summed E-state index contributed by atoms with van der Waals surface area (Å²) in [5, 5.41) is 0. The molecule has 4 atom stereocenters. The molecule has 1 N–H and O–H groups in total. The zero-order valence-electron chi connectivity index (χ0n) is 16.1. The first-order valence-corrected chi connectivity index (χ1v) is 9.76. The molecule has 2 saturated carbocycles. The smallest absolute Gasteiger partial charge is 0.159 e. The highest BCUT2D eigenvalue weighted by atomic mass is 19.1. The molecule has 2 unspecified atom stereocenters. The van der Waals surface area contributed by atoms with Crippen LogP contribution in [0.2, 0.25) is 0 Å². The summed E-state index contributed by atoms with van der Waals surface area (Å²) in [4.78, 5) is 16.8. The van der Waals surface area contributed by atoms with Crippen LogP contribution >= 0.6 is 0 Å². The Labute approximate surface area is 167 Å². The van der Waals surface area contributed by atoms with Gasteiger partial charge in [-0.1, -0.05) is 30.3 Å². The van der Waals surface area contributed by atoms with Gasteiger partial charge in [0, 0.05) is 17.3 Å². The Bertz CT molecular complexity index is 1250. The molecule has 2 fully saturated rings. The third kappa shape index (κ3) is 2.29. The van der Waals surface area contributed by atoms with E-state index in [0.717, 1.165) is 34.1 Å². The zero-order chi connectivity index (χ0) is 19.8. The second kappa shape index (κ2) is 5.63. The van der Waals surface area contributed by atoms with Crippen molar-refractivity contribution in [3.8, 4) is 5.75 Å². The van der Waals surface area contributed by atoms with Gasteiger partial charge in [-0.25, -0.2) is 19.3 Å². The Morgan fingerprint density at radius 3 is 2.69 bits per heavy atom. The first-order valence-electron chi connectivity index (χ1n) is 9.76. The topological polar surface area (TPSA) is 63.7 Å². The van der Waals surface area contributed by atoms with Crippen LogP contribution in [-0.4, -0.2) is 26.0 Å². The molecule has 0 spiro atoms. The van der Waals surface area contributed by atoms with Crippen LogP contribution in [0.4, 0.5) is 4.39 Å². The van der Waals surface area contributed by atoms with E-state index in [1.165, 1.54) is 17.7 Å². The van der Waals surface area contributed by atoms with E-state index in [9.17, 15) is 4.39 Å². The summed E-state index contributed by atoms with van der Waals surface area (Å²) in [5.74, 6) is 2.67. The average molecular weight is 386 g/mol. The predicted octanol–water partition coefficient (Wildman–Crippen LogP) is 4.22. The number of hydrogen-bond acceptors (Lipinski definition) is 4. The lowest BCUT2D eigenvalue weighted by Gasteiger charge is -2.20. The maximum absolute atomic E-state index is 13.6. The molecule has 6 heteroatoms. The van der Waals surface area contributed by atoms with Crippen LogP contribution in [0.1, 0.15) is 28.8 Å². The van der Waals surface area contributed by atoms with Crippen LogP contribution < -0.4 is 4.74 Å². The highest BCUT2D eigenvalue weighted by Gasteiger charge is 2.90. The number of H-pyrrole nitrogens is 1. The van der Waals surface area contributed by atoms with Crippen LogP contribution in [0.3, 0.4) is 0 Å². The van der Waals surface area contributed by atoms with Crippen molar-refractivity contribution < 1.29 is 9.13 Å². The quantitative estimate of drug-likeness (QED) is 0.570. The van der Waals surface area contributed by atoms with E-state index in [1.54, 1.807) is 12.3 Å². The number of halogens is 1. The zero-order valence-corrected chi connectivity index (χ0v) is 16.1. The Morgan fingerprint density at radius 2 is 1.90 bits per heavy atom. The van der Waals surface area contributed by atoms with E-state index in [2.05, 4.69) is 39.2 Å². The van der Waals surface area contributed by atoms with E-state index < -0.39 is 0 Å². The summed E-state index contributed by atoms with van der Waals surface area (Å²) in [7, 11) is 0. The van der Waals surface area contributed by atoms with Crippen molar-refractivity contribution in [2.24, 2.45) is 5.92 Å². The summed E-state index contributed by atoms with van der Waals surface area (Å²) >= 11 is 0. The molecule has 5 nitrogen and oxygen atoms in total. The van der Waals surface area contributed by atoms with Gasteiger partial charge in [-0.05, 0) is 37.6 Å². The molecule has 2 heterocycles. The van der Waals surface area contributed by atoms with Gasteiger partial charge < -0.3 is 9.72 Å². The van der Waals surface area contributed by atoms with Gasteiger partial charge in [0.05, 0.1) is 22.9 Å². The van der Waals surface area contributed by atoms with Crippen molar-refractivity contribution in [3.63, 3.8) is 0 Å². The monoisotopic (exact) mass is 386 g/mol. The second-order valence-electron chi connectivity index (χ2n) is 7.99. The van der Waals surface area contributed by atoms with Gasteiger partial charge in [-0.3, -0.25) is 0 Å². The number of imidazole rings is 1. The molecule has 2 aliphatic carbocycles. The Kier molecular flexibility index (Phi) is 3.23. The van der Waals surface area contributed by atoms with Gasteiger partial charge in [0.1, 0.15) is 23.6 Å². The summed E-state index contributed by atoms with van der Waals surface area (Å²) < 4.78 is 19.9. The molecule has 0 aliphatic heterocycles. The molecule has 4 aromatic rings. The van der Waals surface area contributed by atoms with Crippen molar-refractivity contribution in [2.75, 3.05) is 0 Å². The minimum absolute atomic E-state index is 0.0601. The molecule has 2 aromatic carbocycles. The average Bonchev–Trinajstić information content (AvgIpc) is 3.52. The lowest BCUT2D eigenvalue weighted by molar-refractivity contribution is 0.218. The molecule has 6 rings (SSSR count). The minimum atomic E-state index is -0.262. The number of aryl methyl sites for hydroxylation is 2. The van der Waals surface area contributed by atoms with Gasteiger partial charge in [0.25, 0.3) is 0 Å². The van der Waals surface area contributed by atoms with Crippen molar-refractivity contribution in [2.45, 2.75) is 31.3 Å². The first kappa shape index (κ1) is 16.7. The molecule has 2 aliphatic rings. The van der Waals surface area contributed by atoms with E-state index in [1.807, 2.05) is 19.9 Å². The fourth-order valence-electron chi connectivity index (χ4n) is 4.87. The largest absolute Gasteiger partial charge is 0.486 e. The number of fused-ring (bicyclic) bond motifs is 2. The molecule has 0 bridgehead atoms. The molecular weight excluding hydrogens is 367 g/mol. The number of aromatic nitrogens is 4. The number of benzene rings is 2. The van der Waals surface area contributed by atoms with Crippen molar-refractivity contribution in [3.05, 3.63) is 83.5 Å². The van der Waals surface area contributed by atoms with Crippen molar-refractivity contribution >= 4 is 11.0 Å². The molecule has 0 saturated heterocycles. The first-order chi connectivity index (χ1) is 14.1. The maximum atomic E-state index is 13.6. The third-order valence-electron chi connectivity index (χ3n) is 6.34. The Balaban J connectivity index is 1.36. The predicted molar refractivity (Wildman–Crippen MR) is 106 cm³/mol. The van der Waals surface area contributed by atoms with Crippen LogP contribution in [0.5, 0.6) is 5.75 Å². The highest BCUT2D eigenvalue weighted by molar-refractivity contribution is 5.76. The summed E-state index contributed by atoms with van der Waals surface area (Å²) in [6.45, 7) is 3.82. The number of aromatic amines is 1. The normalized spacial score (nSPS) is 26.9. The highest BCUT2D eigenvalue weighted by Crippen LogP contribution is 2.84. The van der Waals surface area contributed by atoms with E-state index >= 15 is 0 Å². The number of nitrogens with one attached hydrogen (secondary N) is 1. The molecule has 2 aromatic heterocycles. The van der Waals surface area contributed by atoms with Crippen LogP contribution in [0.15, 0.2) is 54.7 Å². The number of ether oxygens (including phenoxy) is 1. The molecule has 0 amide bonds. The van der Waals surface area contributed by atoms with Gasteiger partial charge in [-0.15, -0.1) is 0 Å². The van der Waals surface area contributed by atoms with Gasteiger partial charge in [0.15, 0.2) is 5.75 Å². The standard InChI is InChI=1S/C23H19FN4O/c1-12-18(11-25-13(2)26-12)29-21-19-20(23(19,21)14-6-4-3-5-7-14)22-27-16-9-8-15(24)10-17(16)28-22/h3-11,19-21H,1-2H3,(H,27,28)/t19?,20-,21?,23-/m0/s1. The number of rotatable bonds is 4. The van der Waals surface area contributed by atoms with Crippen molar-refractivity contribution in [1.29, 1.82) is 0 Å². The molecule has 0 radical (unpaired) electrons. The lowest BCUT2D eigenvalue weighted by Crippen LogP contribution is -2.23. The lowest BCUT2D eigenvalue weighted by atomic mass is 9.95. The van der Waals surface area contributed by atoms with Crippen LogP contribution in [0, 0.1) is 25.6 Å². The number of hydrogen-bond donors (Lipinski definition) is 1. The maximum Gasteiger partial charge on any atom is 0.159 e. The SMILES string of the molecule is Cc1ncc(OC2C3[C@@H](c4nc5ccc(F)cc5[nH]4)[C@@]23c2ccccc2)c(C)n1. The fraction of sp³-hybridized carbons (Fsp3) is 0.261. The van der Waals surface area contributed by atoms with Gasteiger partial charge >= 0.3 is 0 Å². The fourth-order valence-corrected chi connectivity index (χ4v) is 4.87. The Morgan fingerprint density at radius 1 is 1.07 bits per heavy atom. The molecule has 29 heavy (non-hydrogen) atoms. The summed E-state index contributed by atoms with van der Waals surface area (Å²) in [5.41, 5.74) is 3.51. The van der Waals surface area contributed by atoms with Gasteiger partial charge in [-0.2, -0.15) is 0 Å². The van der Waals surface area contributed by atoms with E-state index in [4.69, 9.17) is 9.72 Å². The van der Waals surface area contributed by atoms with E-state index in [-0.39, 0.29) is 23.3 Å². The number of nitrogens with zero attached hydrogens (tertiary/aromatic N) is 3. The third-order valence-corrected chi connectivity index (χ3v) is 6.34. The van der Waals surface area contributed by atoms with Crippen molar-refractivity contribution in [1.82, 2.24) is 19.9 Å². The Hall–Kier alpha value is -3.28. The van der Waals surface area contributed by atoms with Crippen LogP contribution in [-0.2, 0) is 5.41 Å². The second-order valence-corrected chi connectivity index (χ2v) is 7.99. The molecule has 144 valence electrons. The minimum Gasteiger partial charge on any atom is -0.486 e. The summed E-state index contributed by atoms with van der Waals surface area (Å²) in [6, 6.07) is 15.1. The van der Waals surface area contributed by atoms with Gasteiger partial charge in [0.2, 0.25) is 0 Å². The summed E-state index contributed by atoms with van der Waals surface area (Å²) in [6.07, 6.45) is 1.82. The van der Waals surface area contributed by atoms with E-state index in [0.29, 0.717) is 5.92 Å². The van der Waals surface area contributed by atoms with Crippen LogP contribution in [0.25, 0.3) is 11.0 Å². The molecular formula is C23H19FN4O.